The Balaban J connectivity index is 1.72. The van der Waals surface area contributed by atoms with Crippen LogP contribution in [0.4, 0.5) is 0 Å². The SMILES string of the molecule is SCC1(COc2cnc3ccccc3c2)CCCCC1. The van der Waals surface area contributed by atoms with E-state index in [1.54, 1.807) is 0 Å². The van der Waals surface area contributed by atoms with Crippen LogP contribution in [0, 0.1) is 5.41 Å². The molecule has 20 heavy (non-hydrogen) atoms. The van der Waals surface area contributed by atoms with E-state index in [0.717, 1.165) is 29.0 Å². The number of pyridine rings is 1. The molecule has 1 aliphatic carbocycles. The van der Waals surface area contributed by atoms with Crippen molar-refractivity contribution in [1.82, 2.24) is 4.98 Å². The molecule has 0 aliphatic heterocycles. The molecule has 106 valence electrons. The standard InChI is InChI=1S/C17H21NOS/c20-13-17(8-4-1-5-9-17)12-19-15-10-14-6-2-3-7-16(14)18-11-15/h2-3,6-7,10-11,20H,1,4-5,8-9,12-13H2. The van der Waals surface area contributed by atoms with E-state index in [1.807, 2.05) is 24.4 Å². The van der Waals surface area contributed by atoms with E-state index < -0.39 is 0 Å². The second-order valence-corrected chi connectivity index (χ2v) is 6.19. The average Bonchev–Trinajstić information content (AvgIpc) is 2.54. The second-order valence-electron chi connectivity index (χ2n) is 5.87. The highest BCUT2D eigenvalue weighted by Crippen LogP contribution is 2.37. The van der Waals surface area contributed by atoms with Crippen molar-refractivity contribution in [2.45, 2.75) is 32.1 Å². The molecule has 1 fully saturated rings. The minimum atomic E-state index is 0.257. The number of aromatic nitrogens is 1. The minimum absolute atomic E-state index is 0.257. The number of para-hydroxylation sites is 1. The van der Waals surface area contributed by atoms with Crippen molar-refractivity contribution in [1.29, 1.82) is 0 Å². The third-order valence-electron chi connectivity index (χ3n) is 4.36. The Morgan fingerprint density at radius 2 is 1.95 bits per heavy atom. The highest BCUT2D eigenvalue weighted by atomic mass is 32.1. The zero-order chi connectivity index (χ0) is 13.8. The third kappa shape index (κ3) is 2.93. The van der Waals surface area contributed by atoms with Gasteiger partial charge in [0, 0.05) is 10.8 Å². The van der Waals surface area contributed by atoms with Gasteiger partial charge >= 0.3 is 0 Å². The maximum absolute atomic E-state index is 6.04. The van der Waals surface area contributed by atoms with Gasteiger partial charge in [-0.25, -0.2) is 0 Å². The van der Waals surface area contributed by atoms with Gasteiger partial charge in [-0.15, -0.1) is 0 Å². The van der Waals surface area contributed by atoms with Crippen LogP contribution in [0.25, 0.3) is 10.9 Å². The first-order valence-electron chi connectivity index (χ1n) is 7.40. The van der Waals surface area contributed by atoms with E-state index in [9.17, 15) is 0 Å². The highest BCUT2D eigenvalue weighted by molar-refractivity contribution is 7.80. The molecule has 0 bridgehead atoms. The molecule has 3 rings (SSSR count). The maximum atomic E-state index is 6.04. The Hall–Kier alpha value is -1.22. The summed E-state index contributed by atoms with van der Waals surface area (Å²) in [7, 11) is 0. The Labute approximate surface area is 126 Å². The second kappa shape index (κ2) is 6.04. The first-order valence-corrected chi connectivity index (χ1v) is 8.03. The summed E-state index contributed by atoms with van der Waals surface area (Å²) in [5.74, 6) is 1.78. The largest absolute Gasteiger partial charge is 0.491 e. The number of benzene rings is 1. The lowest BCUT2D eigenvalue weighted by molar-refractivity contribution is 0.121. The fraction of sp³-hybridized carbons (Fsp3) is 0.471. The van der Waals surface area contributed by atoms with Gasteiger partial charge in [-0.1, -0.05) is 37.5 Å². The highest BCUT2D eigenvalue weighted by Gasteiger charge is 2.31. The number of hydrogen-bond donors (Lipinski definition) is 1. The molecule has 0 radical (unpaired) electrons. The molecular weight excluding hydrogens is 266 g/mol. The number of nitrogens with zero attached hydrogens (tertiary/aromatic N) is 1. The summed E-state index contributed by atoms with van der Waals surface area (Å²) < 4.78 is 6.04. The molecular formula is C17H21NOS. The molecule has 0 amide bonds. The summed E-state index contributed by atoms with van der Waals surface area (Å²) >= 11 is 4.56. The first kappa shape index (κ1) is 13.7. The first-order chi connectivity index (χ1) is 9.81. The fourth-order valence-corrected chi connectivity index (χ4v) is 3.42. The van der Waals surface area contributed by atoms with Crippen LogP contribution in [-0.4, -0.2) is 17.3 Å². The molecule has 0 spiro atoms. The Bertz CT molecular complexity index is 578. The summed E-state index contributed by atoms with van der Waals surface area (Å²) in [6, 6.07) is 10.2. The molecule has 1 saturated carbocycles. The van der Waals surface area contributed by atoms with E-state index in [2.05, 4.69) is 29.7 Å². The van der Waals surface area contributed by atoms with Crippen LogP contribution < -0.4 is 4.74 Å². The molecule has 0 saturated heterocycles. The van der Waals surface area contributed by atoms with Crippen molar-refractivity contribution < 1.29 is 4.74 Å². The summed E-state index contributed by atoms with van der Waals surface area (Å²) in [6.45, 7) is 0.760. The van der Waals surface area contributed by atoms with Crippen LogP contribution in [-0.2, 0) is 0 Å². The lowest BCUT2D eigenvalue weighted by Gasteiger charge is -2.35. The zero-order valence-electron chi connectivity index (χ0n) is 11.7. The van der Waals surface area contributed by atoms with Gasteiger partial charge in [0.2, 0.25) is 0 Å². The predicted octanol–water partition coefficient (Wildman–Crippen LogP) is 4.49. The van der Waals surface area contributed by atoms with E-state index in [1.165, 1.54) is 32.1 Å². The Morgan fingerprint density at radius 3 is 2.75 bits per heavy atom. The van der Waals surface area contributed by atoms with Crippen molar-refractivity contribution in [2.24, 2.45) is 5.41 Å². The quantitative estimate of drug-likeness (QED) is 0.837. The number of thiol groups is 1. The predicted molar refractivity (Wildman–Crippen MR) is 86.6 cm³/mol. The van der Waals surface area contributed by atoms with Gasteiger partial charge < -0.3 is 4.74 Å². The average molecular weight is 287 g/mol. The lowest BCUT2D eigenvalue weighted by Crippen LogP contribution is -2.32. The van der Waals surface area contributed by atoms with Gasteiger partial charge in [0.25, 0.3) is 0 Å². The lowest BCUT2D eigenvalue weighted by atomic mass is 9.76. The van der Waals surface area contributed by atoms with Crippen molar-refractivity contribution in [2.75, 3.05) is 12.4 Å². The normalized spacial score (nSPS) is 18.1. The number of hydrogen-bond acceptors (Lipinski definition) is 3. The molecule has 2 aromatic rings. The minimum Gasteiger partial charge on any atom is -0.491 e. The fourth-order valence-electron chi connectivity index (χ4n) is 3.02. The third-order valence-corrected chi connectivity index (χ3v) is 5.03. The van der Waals surface area contributed by atoms with Crippen LogP contribution in [0.15, 0.2) is 36.5 Å². The molecule has 0 atom stereocenters. The van der Waals surface area contributed by atoms with E-state index in [0.29, 0.717) is 0 Å². The molecule has 0 N–H and O–H groups in total. The smallest absolute Gasteiger partial charge is 0.138 e. The molecule has 1 aliphatic rings. The molecule has 2 nitrogen and oxygen atoms in total. The van der Waals surface area contributed by atoms with Gasteiger partial charge in [0.1, 0.15) is 5.75 Å². The summed E-state index contributed by atoms with van der Waals surface area (Å²) in [6.07, 6.45) is 8.26. The molecule has 0 unspecified atom stereocenters. The summed E-state index contributed by atoms with van der Waals surface area (Å²) in [5.41, 5.74) is 1.27. The van der Waals surface area contributed by atoms with Crippen molar-refractivity contribution in [3.63, 3.8) is 0 Å². The Morgan fingerprint density at radius 1 is 1.15 bits per heavy atom. The molecule has 1 heterocycles. The van der Waals surface area contributed by atoms with Crippen molar-refractivity contribution in [3.8, 4) is 5.75 Å². The van der Waals surface area contributed by atoms with Crippen LogP contribution in [0.3, 0.4) is 0 Å². The van der Waals surface area contributed by atoms with Gasteiger partial charge in [0.15, 0.2) is 0 Å². The van der Waals surface area contributed by atoms with Gasteiger partial charge in [0.05, 0.1) is 18.3 Å². The number of fused-ring (bicyclic) bond motifs is 1. The van der Waals surface area contributed by atoms with Crippen LogP contribution >= 0.6 is 12.6 Å². The van der Waals surface area contributed by atoms with E-state index in [-0.39, 0.29) is 5.41 Å². The Kier molecular flexibility index (Phi) is 4.16. The number of ether oxygens (including phenoxy) is 1. The molecule has 1 aromatic heterocycles. The summed E-state index contributed by atoms with van der Waals surface area (Å²) in [4.78, 5) is 4.45. The topological polar surface area (TPSA) is 22.1 Å². The van der Waals surface area contributed by atoms with Crippen molar-refractivity contribution >= 4 is 23.5 Å². The van der Waals surface area contributed by atoms with Crippen LogP contribution in [0.2, 0.25) is 0 Å². The monoisotopic (exact) mass is 287 g/mol. The summed E-state index contributed by atoms with van der Waals surface area (Å²) in [5, 5.41) is 1.13. The van der Waals surface area contributed by atoms with E-state index >= 15 is 0 Å². The zero-order valence-corrected chi connectivity index (χ0v) is 12.6. The molecule has 3 heteroatoms. The van der Waals surface area contributed by atoms with Gasteiger partial charge in [-0.2, -0.15) is 12.6 Å². The maximum Gasteiger partial charge on any atom is 0.138 e. The molecule has 1 aromatic carbocycles. The van der Waals surface area contributed by atoms with Crippen LogP contribution in [0.5, 0.6) is 5.75 Å². The van der Waals surface area contributed by atoms with E-state index in [4.69, 9.17) is 4.74 Å². The van der Waals surface area contributed by atoms with Gasteiger partial charge in [-0.05, 0) is 30.7 Å². The van der Waals surface area contributed by atoms with Gasteiger partial charge in [-0.3, -0.25) is 4.98 Å². The number of rotatable bonds is 4. The van der Waals surface area contributed by atoms with Crippen molar-refractivity contribution in [3.05, 3.63) is 36.5 Å². The van der Waals surface area contributed by atoms with Crippen LogP contribution in [0.1, 0.15) is 32.1 Å².